The van der Waals surface area contributed by atoms with Crippen molar-refractivity contribution in [2.45, 2.75) is 56.9 Å². The number of likely N-dealkylation sites (N-methyl/N-ethyl adjacent to an activating group) is 1. The van der Waals surface area contributed by atoms with E-state index in [0.717, 1.165) is 44.6 Å². The van der Waals surface area contributed by atoms with E-state index in [2.05, 4.69) is 5.32 Å². The fraction of sp³-hybridized carbons (Fsp3) is 0.867. The van der Waals surface area contributed by atoms with E-state index in [1.165, 1.54) is 12.8 Å². The quantitative estimate of drug-likeness (QED) is 0.744. The van der Waals surface area contributed by atoms with Crippen LogP contribution in [-0.2, 0) is 9.59 Å². The summed E-state index contributed by atoms with van der Waals surface area (Å²) in [4.78, 5) is 25.2. The van der Waals surface area contributed by atoms with Crippen molar-refractivity contribution < 1.29 is 14.7 Å². The summed E-state index contributed by atoms with van der Waals surface area (Å²) >= 11 is 0. The molecule has 0 bridgehead atoms. The average molecular weight is 282 g/mol. The maximum atomic E-state index is 12.3. The van der Waals surface area contributed by atoms with Gasteiger partial charge in [-0.1, -0.05) is 19.3 Å². The van der Waals surface area contributed by atoms with Gasteiger partial charge in [-0.2, -0.15) is 0 Å². The van der Waals surface area contributed by atoms with Crippen molar-refractivity contribution in [3.8, 4) is 0 Å². The van der Waals surface area contributed by atoms with Crippen molar-refractivity contribution in [3.63, 3.8) is 0 Å². The first-order valence-electron chi connectivity index (χ1n) is 7.73. The van der Waals surface area contributed by atoms with Crippen molar-refractivity contribution in [1.29, 1.82) is 0 Å². The second kappa shape index (κ2) is 6.57. The summed E-state index contributed by atoms with van der Waals surface area (Å²) in [5.41, 5.74) is -0.470. The Hall–Kier alpha value is -1.10. The van der Waals surface area contributed by atoms with Crippen LogP contribution in [0.2, 0.25) is 0 Å². The molecule has 0 spiro atoms. The van der Waals surface area contributed by atoms with Gasteiger partial charge in [0.2, 0.25) is 5.91 Å². The van der Waals surface area contributed by atoms with E-state index in [9.17, 15) is 9.59 Å². The lowest BCUT2D eigenvalue weighted by molar-refractivity contribution is -0.145. The average Bonchev–Trinajstić information content (AvgIpc) is 3.22. The van der Waals surface area contributed by atoms with Crippen LogP contribution in [0.3, 0.4) is 0 Å². The van der Waals surface area contributed by atoms with Gasteiger partial charge in [-0.05, 0) is 38.1 Å². The molecular formula is C15H26N2O3. The highest BCUT2D eigenvalue weighted by atomic mass is 16.4. The maximum absolute atomic E-state index is 12.3. The topological polar surface area (TPSA) is 69.6 Å². The van der Waals surface area contributed by atoms with Crippen molar-refractivity contribution in [3.05, 3.63) is 0 Å². The Balaban J connectivity index is 1.91. The van der Waals surface area contributed by atoms with Gasteiger partial charge in [-0.15, -0.1) is 0 Å². The molecule has 1 amide bonds. The van der Waals surface area contributed by atoms with E-state index in [0.29, 0.717) is 6.54 Å². The fourth-order valence-corrected chi connectivity index (χ4v) is 3.21. The van der Waals surface area contributed by atoms with Crippen molar-refractivity contribution in [1.82, 2.24) is 10.2 Å². The van der Waals surface area contributed by atoms with E-state index in [-0.39, 0.29) is 12.3 Å². The molecule has 2 N–H and O–H groups in total. The molecule has 114 valence electrons. The third kappa shape index (κ3) is 3.95. The van der Waals surface area contributed by atoms with Gasteiger partial charge in [0.05, 0.1) is 18.5 Å². The third-order valence-electron chi connectivity index (χ3n) is 4.76. The van der Waals surface area contributed by atoms with E-state index in [1.807, 2.05) is 0 Å². The van der Waals surface area contributed by atoms with E-state index in [4.69, 9.17) is 5.11 Å². The second-order valence-electron chi connectivity index (χ2n) is 6.38. The minimum atomic E-state index is -0.808. The lowest BCUT2D eigenvalue weighted by Gasteiger charge is -2.44. The second-order valence-corrected chi connectivity index (χ2v) is 6.38. The summed E-state index contributed by atoms with van der Waals surface area (Å²) in [6.07, 6.45) is 7.39. The monoisotopic (exact) mass is 282 g/mol. The molecule has 0 aromatic heterocycles. The van der Waals surface area contributed by atoms with Crippen LogP contribution in [0.1, 0.15) is 51.4 Å². The van der Waals surface area contributed by atoms with Gasteiger partial charge in [0, 0.05) is 7.05 Å². The molecule has 0 saturated heterocycles. The fourth-order valence-electron chi connectivity index (χ4n) is 3.21. The highest BCUT2D eigenvalue weighted by Gasteiger charge is 2.40. The van der Waals surface area contributed by atoms with Crippen LogP contribution in [0, 0.1) is 5.92 Å². The van der Waals surface area contributed by atoms with Gasteiger partial charge >= 0.3 is 5.97 Å². The largest absolute Gasteiger partial charge is 0.481 e. The molecule has 2 fully saturated rings. The molecule has 20 heavy (non-hydrogen) atoms. The maximum Gasteiger partial charge on any atom is 0.305 e. The number of nitrogens with one attached hydrogen (secondary N) is 1. The summed E-state index contributed by atoms with van der Waals surface area (Å²) in [6.45, 7) is 1.24. The molecule has 0 aromatic rings. The molecule has 0 aliphatic heterocycles. The molecule has 2 saturated carbocycles. The number of aliphatic carboxylic acids is 1. The van der Waals surface area contributed by atoms with Gasteiger partial charge in [0.25, 0.3) is 0 Å². The summed E-state index contributed by atoms with van der Waals surface area (Å²) in [6, 6.07) is 0. The Morgan fingerprint density at radius 3 is 2.45 bits per heavy atom. The van der Waals surface area contributed by atoms with Crippen molar-refractivity contribution >= 4 is 11.9 Å². The van der Waals surface area contributed by atoms with Crippen LogP contribution in [0.5, 0.6) is 0 Å². The normalized spacial score (nSPS) is 21.4. The number of carboxylic acid groups (broad SMARTS) is 1. The summed E-state index contributed by atoms with van der Waals surface area (Å²) in [5, 5.41) is 12.4. The van der Waals surface area contributed by atoms with Gasteiger partial charge in [0.1, 0.15) is 0 Å². The van der Waals surface area contributed by atoms with E-state index in [1.54, 1.807) is 11.9 Å². The first-order chi connectivity index (χ1) is 9.53. The zero-order valence-electron chi connectivity index (χ0n) is 12.4. The number of carbonyl (C=O) groups excluding carboxylic acids is 1. The molecule has 5 heteroatoms. The smallest absolute Gasteiger partial charge is 0.305 e. The SMILES string of the molecule is CN(C(=O)CNCC1CC1)C1(CC(=O)O)CCCCC1. The molecular weight excluding hydrogens is 256 g/mol. The molecule has 2 aliphatic carbocycles. The number of carboxylic acids is 1. The van der Waals surface area contributed by atoms with Gasteiger partial charge in [0.15, 0.2) is 0 Å². The number of nitrogens with zero attached hydrogens (tertiary/aromatic N) is 1. The van der Waals surface area contributed by atoms with Crippen LogP contribution in [0.25, 0.3) is 0 Å². The third-order valence-corrected chi connectivity index (χ3v) is 4.76. The Morgan fingerprint density at radius 2 is 1.90 bits per heavy atom. The van der Waals surface area contributed by atoms with Crippen molar-refractivity contribution in [2.75, 3.05) is 20.1 Å². The first kappa shape index (κ1) is 15.3. The van der Waals surface area contributed by atoms with Gasteiger partial charge in [-0.25, -0.2) is 0 Å². The van der Waals surface area contributed by atoms with Crippen LogP contribution in [0.4, 0.5) is 0 Å². The van der Waals surface area contributed by atoms with Crippen LogP contribution < -0.4 is 5.32 Å². The molecule has 5 nitrogen and oxygen atoms in total. The summed E-state index contributed by atoms with van der Waals surface area (Å²) in [7, 11) is 1.77. The minimum Gasteiger partial charge on any atom is -0.481 e. The Bertz CT molecular complexity index is 360. The highest BCUT2D eigenvalue weighted by Crippen LogP contribution is 2.36. The zero-order valence-corrected chi connectivity index (χ0v) is 12.4. The number of carbonyl (C=O) groups is 2. The number of amides is 1. The molecule has 0 heterocycles. The predicted molar refractivity (Wildman–Crippen MR) is 76.4 cm³/mol. The molecule has 0 radical (unpaired) electrons. The highest BCUT2D eigenvalue weighted by molar-refractivity contribution is 5.80. The molecule has 0 aromatic carbocycles. The van der Waals surface area contributed by atoms with Crippen LogP contribution >= 0.6 is 0 Å². The van der Waals surface area contributed by atoms with Crippen molar-refractivity contribution in [2.24, 2.45) is 5.92 Å². The Morgan fingerprint density at radius 1 is 1.25 bits per heavy atom. The Labute approximate surface area is 120 Å². The Kier molecular flexibility index (Phi) is 5.02. The lowest BCUT2D eigenvalue weighted by Crippen LogP contribution is -2.54. The summed E-state index contributed by atoms with van der Waals surface area (Å²) < 4.78 is 0. The van der Waals surface area contributed by atoms with E-state index >= 15 is 0 Å². The van der Waals surface area contributed by atoms with Crippen LogP contribution in [0.15, 0.2) is 0 Å². The molecule has 0 unspecified atom stereocenters. The van der Waals surface area contributed by atoms with Gasteiger partial charge < -0.3 is 15.3 Å². The lowest BCUT2D eigenvalue weighted by atomic mass is 9.78. The van der Waals surface area contributed by atoms with Crippen LogP contribution in [-0.4, -0.2) is 47.6 Å². The number of hydrogen-bond acceptors (Lipinski definition) is 3. The minimum absolute atomic E-state index is 0.0220. The summed E-state index contributed by atoms with van der Waals surface area (Å²) in [5.74, 6) is -0.0398. The standard InChI is InChI=1S/C15H26N2O3/c1-17(13(18)11-16-10-12-5-6-12)15(9-14(19)20)7-3-2-4-8-15/h12,16H,2-11H2,1H3,(H,19,20). The number of hydrogen-bond donors (Lipinski definition) is 2. The molecule has 0 atom stereocenters. The zero-order chi connectivity index (χ0) is 14.6. The number of rotatable bonds is 7. The van der Waals surface area contributed by atoms with Gasteiger partial charge in [-0.3, -0.25) is 9.59 Å². The molecule has 2 aliphatic rings. The molecule has 2 rings (SSSR count). The predicted octanol–water partition coefficient (Wildman–Crippen LogP) is 1.62. The first-order valence-corrected chi connectivity index (χ1v) is 7.73. The van der Waals surface area contributed by atoms with E-state index < -0.39 is 11.5 Å².